The largest absolute Gasteiger partial charge is 0.462 e. The predicted octanol–water partition coefficient (Wildman–Crippen LogP) is 22.7. The van der Waals surface area contributed by atoms with Gasteiger partial charge >= 0.3 is 17.9 Å². The minimum Gasteiger partial charge on any atom is -0.462 e. The van der Waals surface area contributed by atoms with Crippen molar-refractivity contribution in [2.75, 3.05) is 13.2 Å². The Kier molecular flexibility index (Phi) is 62.2. The Labute approximate surface area is 477 Å². The zero-order chi connectivity index (χ0) is 55.7. The highest BCUT2D eigenvalue weighted by atomic mass is 16.6. The quantitative estimate of drug-likeness (QED) is 0.0261. The maximum absolute atomic E-state index is 12.9. The molecule has 6 heteroatoms. The maximum atomic E-state index is 12.9. The molecule has 0 spiro atoms. The first-order chi connectivity index (χ1) is 38.0. The predicted molar refractivity (Wildman–Crippen MR) is 334 cm³/mol. The van der Waals surface area contributed by atoms with E-state index in [-0.39, 0.29) is 31.1 Å². The molecule has 0 bridgehead atoms. The molecule has 0 N–H and O–H groups in total. The summed E-state index contributed by atoms with van der Waals surface area (Å²) in [4.78, 5) is 38.4. The van der Waals surface area contributed by atoms with Crippen molar-refractivity contribution in [3.63, 3.8) is 0 Å². The van der Waals surface area contributed by atoms with Gasteiger partial charge < -0.3 is 14.2 Å². The standard InChI is InChI=1S/C71H124O6/c1-4-7-10-13-16-19-22-25-28-30-32-34-35-37-38-40-43-46-49-52-55-58-61-64-70(73)76-67-68(66-75-69(72)63-60-57-54-51-48-45-42-27-24-21-18-15-12-9-6-3)77-71(74)65-62-59-56-53-50-47-44-41-39-36-33-31-29-26-23-20-17-14-11-8-5-2/h9,12,18,21-22,25,27,30,32,35,37,42,48,51,68H,4-8,10-11,13-17,19-20,23-24,26,28-29,31,33-34,36,38-41,43-47,49-50,52-67H2,1-3H3/b12-9-,21-18-,25-22-,32-30-,37-35-,42-27-,51-48-. The van der Waals surface area contributed by atoms with E-state index >= 15 is 0 Å². The lowest BCUT2D eigenvalue weighted by Gasteiger charge is -2.18. The van der Waals surface area contributed by atoms with E-state index in [4.69, 9.17) is 14.2 Å². The van der Waals surface area contributed by atoms with Gasteiger partial charge in [-0.1, -0.05) is 298 Å². The first-order valence-corrected chi connectivity index (χ1v) is 33.1. The number of carbonyl (C=O) groups excluding carboxylic acids is 3. The monoisotopic (exact) mass is 1070 g/mol. The highest BCUT2D eigenvalue weighted by Gasteiger charge is 2.19. The van der Waals surface area contributed by atoms with Crippen LogP contribution in [0.3, 0.4) is 0 Å². The molecule has 0 heterocycles. The van der Waals surface area contributed by atoms with Crippen LogP contribution in [0.4, 0.5) is 0 Å². The van der Waals surface area contributed by atoms with Gasteiger partial charge in [-0.25, -0.2) is 0 Å². The van der Waals surface area contributed by atoms with E-state index in [0.717, 1.165) is 103 Å². The number of carbonyl (C=O) groups is 3. The Morgan fingerprint density at radius 3 is 0.818 bits per heavy atom. The summed E-state index contributed by atoms with van der Waals surface area (Å²) < 4.78 is 16.9. The summed E-state index contributed by atoms with van der Waals surface area (Å²) in [6.07, 6.45) is 86.0. The van der Waals surface area contributed by atoms with Crippen LogP contribution in [0.15, 0.2) is 85.1 Å². The summed E-state index contributed by atoms with van der Waals surface area (Å²) in [5.41, 5.74) is 0. The molecule has 0 aliphatic rings. The second-order valence-electron chi connectivity index (χ2n) is 22.0. The van der Waals surface area contributed by atoms with Crippen molar-refractivity contribution in [2.45, 2.75) is 335 Å². The molecule has 0 rings (SSSR count). The molecule has 0 saturated carbocycles. The molecular formula is C71H124O6. The summed E-state index contributed by atoms with van der Waals surface area (Å²) in [7, 11) is 0. The van der Waals surface area contributed by atoms with Crippen molar-refractivity contribution in [1.82, 2.24) is 0 Å². The van der Waals surface area contributed by atoms with Crippen molar-refractivity contribution in [3.8, 4) is 0 Å². The minimum absolute atomic E-state index is 0.0914. The molecule has 0 amide bonds. The summed E-state index contributed by atoms with van der Waals surface area (Å²) in [6.45, 7) is 6.52. The first-order valence-electron chi connectivity index (χ1n) is 33.1. The second-order valence-corrected chi connectivity index (χ2v) is 22.0. The Hall–Kier alpha value is -3.41. The number of esters is 3. The Bertz CT molecular complexity index is 1470. The molecule has 1 unspecified atom stereocenters. The zero-order valence-corrected chi connectivity index (χ0v) is 51.0. The summed E-state index contributed by atoms with van der Waals surface area (Å²) >= 11 is 0. The highest BCUT2D eigenvalue weighted by Crippen LogP contribution is 2.17. The number of ether oxygens (including phenoxy) is 3. The van der Waals surface area contributed by atoms with Crippen LogP contribution in [0.2, 0.25) is 0 Å². The van der Waals surface area contributed by atoms with Crippen LogP contribution in [0.1, 0.15) is 329 Å². The van der Waals surface area contributed by atoms with Crippen LogP contribution in [-0.2, 0) is 28.6 Å². The van der Waals surface area contributed by atoms with Gasteiger partial charge in [-0.15, -0.1) is 0 Å². The molecule has 0 aliphatic heterocycles. The van der Waals surface area contributed by atoms with Crippen LogP contribution < -0.4 is 0 Å². The average molecular weight is 1070 g/mol. The molecule has 0 saturated heterocycles. The second kappa shape index (κ2) is 65.1. The molecule has 1 atom stereocenters. The lowest BCUT2D eigenvalue weighted by molar-refractivity contribution is -0.167. The van der Waals surface area contributed by atoms with E-state index in [9.17, 15) is 14.4 Å². The Morgan fingerprint density at radius 1 is 0.273 bits per heavy atom. The SMILES string of the molecule is CC/C=C\C/C=C\C/C=C\C/C=C\CCCCC(=O)OCC(COC(=O)CCCCCCCCCC/C=C\C/C=C\C/C=C\CCCCCCC)OC(=O)CCCCCCCCCCCCCCCCCCCCCCC. The Balaban J connectivity index is 4.38. The third-order valence-electron chi connectivity index (χ3n) is 14.4. The maximum Gasteiger partial charge on any atom is 0.306 e. The van der Waals surface area contributed by atoms with Crippen molar-refractivity contribution in [3.05, 3.63) is 85.1 Å². The van der Waals surface area contributed by atoms with Crippen LogP contribution in [0.5, 0.6) is 0 Å². The smallest absolute Gasteiger partial charge is 0.306 e. The number of unbranched alkanes of at least 4 members (excludes halogenated alkanes) is 35. The molecular weight excluding hydrogens is 949 g/mol. The van der Waals surface area contributed by atoms with Crippen molar-refractivity contribution in [2.24, 2.45) is 0 Å². The molecule has 6 nitrogen and oxygen atoms in total. The van der Waals surface area contributed by atoms with Gasteiger partial charge in [-0.3, -0.25) is 14.4 Å². The average Bonchev–Trinajstić information content (AvgIpc) is 3.43. The van der Waals surface area contributed by atoms with Gasteiger partial charge in [0.05, 0.1) is 0 Å². The van der Waals surface area contributed by atoms with E-state index in [0.29, 0.717) is 19.3 Å². The molecule has 0 radical (unpaired) electrons. The van der Waals surface area contributed by atoms with E-state index in [2.05, 4.69) is 106 Å². The molecule has 0 aliphatic carbocycles. The van der Waals surface area contributed by atoms with Gasteiger partial charge in [0, 0.05) is 19.3 Å². The van der Waals surface area contributed by atoms with Crippen LogP contribution in [0, 0.1) is 0 Å². The van der Waals surface area contributed by atoms with E-state index in [1.165, 1.54) is 186 Å². The third-order valence-corrected chi connectivity index (χ3v) is 14.4. The third kappa shape index (κ3) is 63.3. The zero-order valence-electron chi connectivity index (χ0n) is 51.0. The fourth-order valence-electron chi connectivity index (χ4n) is 9.44. The normalized spacial score (nSPS) is 12.6. The fraction of sp³-hybridized carbons (Fsp3) is 0.761. The van der Waals surface area contributed by atoms with E-state index in [1.54, 1.807) is 0 Å². The van der Waals surface area contributed by atoms with Crippen molar-refractivity contribution in [1.29, 1.82) is 0 Å². The van der Waals surface area contributed by atoms with Crippen LogP contribution >= 0.6 is 0 Å². The molecule has 0 fully saturated rings. The number of allylic oxidation sites excluding steroid dienone is 14. The highest BCUT2D eigenvalue weighted by molar-refractivity contribution is 5.71. The fourth-order valence-corrected chi connectivity index (χ4v) is 9.44. The topological polar surface area (TPSA) is 78.9 Å². The van der Waals surface area contributed by atoms with E-state index in [1.807, 2.05) is 0 Å². The lowest BCUT2D eigenvalue weighted by Crippen LogP contribution is -2.30. The van der Waals surface area contributed by atoms with Crippen molar-refractivity contribution >= 4 is 17.9 Å². The van der Waals surface area contributed by atoms with Gasteiger partial charge in [0.25, 0.3) is 0 Å². The molecule has 77 heavy (non-hydrogen) atoms. The number of hydrogen-bond donors (Lipinski definition) is 0. The van der Waals surface area contributed by atoms with E-state index < -0.39 is 6.10 Å². The molecule has 0 aromatic carbocycles. The van der Waals surface area contributed by atoms with Crippen LogP contribution in [-0.4, -0.2) is 37.2 Å². The number of rotatable bonds is 60. The molecule has 444 valence electrons. The summed E-state index contributed by atoms with van der Waals surface area (Å²) in [5.74, 6) is -0.925. The molecule has 0 aromatic rings. The minimum atomic E-state index is -0.797. The summed E-state index contributed by atoms with van der Waals surface area (Å²) in [5, 5.41) is 0. The lowest BCUT2D eigenvalue weighted by atomic mass is 10.0. The number of hydrogen-bond acceptors (Lipinski definition) is 6. The van der Waals surface area contributed by atoms with Gasteiger partial charge in [0.2, 0.25) is 0 Å². The van der Waals surface area contributed by atoms with Gasteiger partial charge in [0.15, 0.2) is 6.10 Å². The summed E-state index contributed by atoms with van der Waals surface area (Å²) in [6, 6.07) is 0. The molecule has 0 aromatic heterocycles. The first kappa shape index (κ1) is 73.6. The van der Waals surface area contributed by atoms with Crippen LogP contribution in [0.25, 0.3) is 0 Å². The van der Waals surface area contributed by atoms with Crippen molar-refractivity contribution < 1.29 is 28.6 Å². The Morgan fingerprint density at radius 2 is 0.506 bits per heavy atom. The van der Waals surface area contributed by atoms with Gasteiger partial charge in [-0.05, 0) is 96.3 Å². The van der Waals surface area contributed by atoms with Gasteiger partial charge in [0.1, 0.15) is 13.2 Å². The van der Waals surface area contributed by atoms with Gasteiger partial charge in [-0.2, -0.15) is 0 Å².